The van der Waals surface area contributed by atoms with E-state index in [1.165, 1.54) is 19.4 Å². The molecule has 2 heteroatoms. The highest BCUT2D eigenvalue weighted by atomic mass is 79.9. The zero-order valence-corrected chi connectivity index (χ0v) is 7.26. The van der Waals surface area contributed by atoms with E-state index in [0.717, 1.165) is 0 Å². The summed E-state index contributed by atoms with van der Waals surface area (Å²) in [5.74, 6) is 0. The van der Waals surface area contributed by atoms with Gasteiger partial charge in [-0.15, -0.1) is 0 Å². The first-order valence-electron chi connectivity index (χ1n) is 3.31. The lowest BCUT2D eigenvalue weighted by Gasteiger charge is -2.13. The molecule has 1 fully saturated rings. The van der Waals surface area contributed by atoms with Crippen LogP contribution in [0.3, 0.4) is 0 Å². The molecule has 0 aromatic carbocycles. The summed E-state index contributed by atoms with van der Waals surface area (Å²) in [7, 11) is 2.17. The molecule has 0 saturated carbocycles. The SMILES string of the molecule is CN1CCCC1/C=C/Br. The first-order valence-corrected chi connectivity index (χ1v) is 4.23. The predicted molar refractivity (Wildman–Crippen MR) is 43.7 cm³/mol. The van der Waals surface area contributed by atoms with Crippen molar-refractivity contribution in [3.05, 3.63) is 11.1 Å². The van der Waals surface area contributed by atoms with Crippen molar-refractivity contribution in [2.24, 2.45) is 0 Å². The largest absolute Gasteiger partial charge is 0.300 e. The van der Waals surface area contributed by atoms with Gasteiger partial charge >= 0.3 is 0 Å². The lowest BCUT2D eigenvalue weighted by atomic mass is 10.2. The summed E-state index contributed by atoms with van der Waals surface area (Å²) in [6, 6.07) is 0.685. The van der Waals surface area contributed by atoms with Gasteiger partial charge in [-0.3, -0.25) is 4.90 Å². The average molecular weight is 190 g/mol. The number of rotatable bonds is 1. The molecule has 1 unspecified atom stereocenters. The van der Waals surface area contributed by atoms with E-state index in [4.69, 9.17) is 0 Å². The van der Waals surface area contributed by atoms with E-state index in [1.807, 2.05) is 4.99 Å². The van der Waals surface area contributed by atoms with Gasteiger partial charge in [0, 0.05) is 6.04 Å². The molecule has 52 valence electrons. The molecule has 1 nitrogen and oxygen atoms in total. The minimum absolute atomic E-state index is 0.685. The molecule has 0 bridgehead atoms. The molecule has 1 heterocycles. The summed E-state index contributed by atoms with van der Waals surface area (Å²) in [6.45, 7) is 1.25. The van der Waals surface area contributed by atoms with Crippen LogP contribution in [0.2, 0.25) is 0 Å². The van der Waals surface area contributed by atoms with Crippen molar-refractivity contribution in [1.82, 2.24) is 4.90 Å². The minimum atomic E-state index is 0.685. The molecule has 1 rings (SSSR count). The van der Waals surface area contributed by atoms with Crippen molar-refractivity contribution < 1.29 is 0 Å². The standard InChI is InChI=1S/C7H12BrN/c1-9-6-2-3-7(9)4-5-8/h4-5,7H,2-3,6H2,1H3/b5-4+. The summed E-state index contributed by atoms with van der Waals surface area (Å²) in [4.78, 5) is 4.33. The van der Waals surface area contributed by atoms with E-state index in [0.29, 0.717) is 6.04 Å². The Morgan fingerprint density at radius 2 is 2.44 bits per heavy atom. The van der Waals surface area contributed by atoms with Crippen LogP contribution in [-0.4, -0.2) is 24.5 Å². The molecule has 0 amide bonds. The van der Waals surface area contributed by atoms with Gasteiger partial charge in [0.25, 0.3) is 0 Å². The molecule has 0 aromatic rings. The van der Waals surface area contributed by atoms with E-state index >= 15 is 0 Å². The number of likely N-dealkylation sites (tertiary alicyclic amines) is 1. The number of halogens is 1. The fourth-order valence-electron chi connectivity index (χ4n) is 1.26. The van der Waals surface area contributed by atoms with Crippen LogP contribution >= 0.6 is 15.9 Å². The smallest absolute Gasteiger partial charge is 0.0283 e. The summed E-state index contributed by atoms with van der Waals surface area (Å²) >= 11 is 3.28. The van der Waals surface area contributed by atoms with E-state index < -0.39 is 0 Å². The van der Waals surface area contributed by atoms with E-state index in [9.17, 15) is 0 Å². The van der Waals surface area contributed by atoms with E-state index in [2.05, 4.69) is 34.0 Å². The maximum absolute atomic E-state index is 3.28. The summed E-state index contributed by atoms with van der Waals surface area (Å²) in [6.07, 6.45) is 4.87. The van der Waals surface area contributed by atoms with Crippen molar-refractivity contribution in [1.29, 1.82) is 0 Å². The number of hydrogen-bond acceptors (Lipinski definition) is 1. The van der Waals surface area contributed by atoms with Crippen LogP contribution in [0.5, 0.6) is 0 Å². The van der Waals surface area contributed by atoms with Gasteiger partial charge in [-0.1, -0.05) is 22.0 Å². The third-order valence-electron chi connectivity index (χ3n) is 1.87. The number of hydrogen-bond donors (Lipinski definition) is 0. The Kier molecular flexibility index (Phi) is 2.73. The quantitative estimate of drug-likeness (QED) is 0.611. The van der Waals surface area contributed by atoms with Gasteiger partial charge < -0.3 is 0 Å². The summed E-state index contributed by atoms with van der Waals surface area (Å²) < 4.78 is 0. The third-order valence-corrected chi connectivity index (χ3v) is 2.18. The Balaban J connectivity index is 2.39. The Morgan fingerprint density at radius 3 is 2.89 bits per heavy atom. The molecule has 1 aliphatic rings. The van der Waals surface area contributed by atoms with Gasteiger partial charge in [0.2, 0.25) is 0 Å². The van der Waals surface area contributed by atoms with Crippen LogP contribution in [0, 0.1) is 0 Å². The molecular weight excluding hydrogens is 178 g/mol. The van der Waals surface area contributed by atoms with Gasteiger partial charge in [-0.2, -0.15) is 0 Å². The van der Waals surface area contributed by atoms with Crippen molar-refractivity contribution in [2.45, 2.75) is 18.9 Å². The topological polar surface area (TPSA) is 3.24 Å². The average Bonchev–Trinajstić information content (AvgIpc) is 2.18. The molecule has 1 aliphatic heterocycles. The Labute approximate surface area is 64.9 Å². The van der Waals surface area contributed by atoms with Gasteiger partial charge in [0.05, 0.1) is 0 Å². The molecule has 0 aromatic heterocycles. The fraction of sp³-hybridized carbons (Fsp3) is 0.714. The minimum Gasteiger partial charge on any atom is -0.300 e. The highest BCUT2D eigenvalue weighted by Crippen LogP contribution is 2.15. The first kappa shape index (κ1) is 7.29. The molecule has 0 N–H and O–H groups in total. The Bertz CT molecular complexity index is 111. The fourth-order valence-corrected chi connectivity index (χ4v) is 1.62. The predicted octanol–water partition coefficient (Wildman–Crippen LogP) is 1.99. The summed E-state index contributed by atoms with van der Waals surface area (Å²) in [5.41, 5.74) is 0. The number of likely N-dealkylation sites (N-methyl/N-ethyl adjacent to an activating group) is 1. The van der Waals surface area contributed by atoms with Gasteiger partial charge in [0.1, 0.15) is 0 Å². The van der Waals surface area contributed by atoms with E-state index in [-0.39, 0.29) is 0 Å². The van der Waals surface area contributed by atoms with Crippen molar-refractivity contribution in [3.63, 3.8) is 0 Å². The summed E-state index contributed by atoms with van der Waals surface area (Å²) in [5, 5.41) is 0. The highest BCUT2D eigenvalue weighted by molar-refractivity contribution is 9.11. The highest BCUT2D eigenvalue weighted by Gasteiger charge is 2.16. The van der Waals surface area contributed by atoms with Gasteiger partial charge in [-0.05, 0) is 31.4 Å². The van der Waals surface area contributed by atoms with E-state index in [1.54, 1.807) is 0 Å². The maximum atomic E-state index is 3.28. The van der Waals surface area contributed by atoms with Crippen LogP contribution in [-0.2, 0) is 0 Å². The van der Waals surface area contributed by atoms with Crippen molar-refractivity contribution in [3.8, 4) is 0 Å². The maximum Gasteiger partial charge on any atom is 0.0283 e. The molecule has 1 atom stereocenters. The zero-order valence-electron chi connectivity index (χ0n) is 5.68. The second kappa shape index (κ2) is 3.37. The van der Waals surface area contributed by atoms with Crippen LogP contribution in [0.1, 0.15) is 12.8 Å². The van der Waals surface area contributed by atoms with Crippen LogP contribution in [0.25, 0.3) is 0 Å². The van der Waals surface area contributed by atoms with Crippen LogP contribution in [0.15, 0.2) is 11.1 Å². The lowest BCUT2D eigenvalue weighted by Crippen LogP contribution is -2.22. The number of nitrogens with zero attached hydrogens (tertiary/aromatic N) is 1. The molecule has 0 spiro atoms. The first-order chi connectivity index (χ1) is 4.34. The molecule has 9 heavy (non-hydrogen) atoms. The Morgan fingerprint density at radius 1 is 1.67 bits per heavy atom. The second-order valence-electron chi connectivity index (χ2n) is 2.51. The van der Waals surface area contributed by atoms with Crippen molar-refractivity contribution in [2.75, 3.05) is 13.6 Å². The van der Waals surface area contributed by atoms with Crippen molar-refractivity contribution >= 4 is 15.9 Å². The molecule has 0 radical (unpaired) electrons. The van der Waals surface area contributed by atoms with Crippen LogP contribution in [0.4, 0.5) is 0 Å². The zero-order chi connectivity index (χ0) is 6.69. The second-order valence-corrected chi connectivity index (χ2v) is 3.04. The molecule has 0 aliphatic carbocycles. The normalized spacial score (nSPS) is 30.2. The molecule has 1 saturated heterocycles. The monoisotopic (exact) mass is 189 g/mol. The lowest BCUT2D eigenvalue weighted by molar-refractivity contribution is 0.357. The third kappa shape index (κ3) is 1.80. The van der Waals surface area contributed by atoms with Gasteiger partial charge in [0.15, 0.2) is 0 Å². The van der Waals surface area contributed by atoms with Gasteiger partial charge in [-0.25, -0.2) is 0 Å². The van der Waals surface area contributed by atoms with Crippen LogP contribution < -0.4 is 0 Å². The molecular formula is C7H12BrN. The Hall–Kier alpha value is 0.180.